The van der Waals surface area contributed by atoms with Gasteiger partial charge >= 0.3 is 0 Å². The summed E-state index contributed by atoms with van der Waals surface area (Å²) in [5.41, 5.74) is 0. The average molecular weight is 382 g/mol. The summed E-state index contributed by atoms with van der Waals surface area (Å²) in [4.78, 5) is 40.9. The summed E-state index contributed by atoms with van der Waals surface area (Å²) in [6.07, 6.45) is 4.95. The normalized spacial score (nSPS) is 21.5. The third kappa shape index (κ3) is 4.64. The molecule has 2 rings (SSSR count). The number of carbonyl (C=O) groups is 3. The Balaban J connectivity index is 2.43. The largest absolute Gasteiger partial charge is 0.310 e. The quantitative estimate of drug-likeness (QED) is 0.762. The Labute approximate surface area is 153 Å². The van der Waals surface area contributed by atoms with Crippen LogP contribution in [0.1, 0.15) is 39.5 Å². The van der Waals surface area contributed by atoms with E-state index in [1.165, 1.54) is 18.7 Å². The van der Waals surface area contributed by atoms with E-state index in [0.29, 0.717) is 23.7 Å². The summed E-state index contributed by atoms with van der Waals surface area (Å²) in [7, 11) is -4.52. The maximum Gasteiger partial charge on any atom is 0.288 e. The standard InChI is InChI=1S/C17H24N3O5S/c1-12(2)7-8-16(23)20(13-5-3-9-18-11-15(13)22)26(24,25)17-14(21)6-4-10-19-17/h4,8,10,12-13,18H,3,5-7,9,11H2,1-2H3/t13-/m0/s1. The molecule has 2 heterocycles. The van der Waals surface area contributed by atoms with E-state index >= 15 is 0 Å². The molecule has 0 spiro atoms. The lowest BCUT2D eigenvalue weighted by Crippen LogP contribution is -2.53. The van der Waals surface area contributed by atoms with Crippen LogP contribution >= 0.6 is 0 Å². The SMILES string of the molecule is CC(C)C[CH]C(=O)N([C@H]1CCCNCC1=O)S(=O)(=O)C1=NC=CCC1=O. The van der Waals surface area contributed by atoms with Gasteiger partial charge in [0.05, 0.1) is 13.0 Å². The Bertz CT molecular complexity index is 739. The van der Waals surface area contributed by atoms with E-state index < -0.39 is 38.6 Å². The molecule has 0 aliphatic carbocycles. The van der Waals surface area contributed by atoms with Gasteiger partial charge < -0.3 is 5.32 Å². The van der Waals surface area contributed by atoms with Crippen molar-refractivity contribution in [1.82, 2.24) is 9.62 Å². The molecular weight excluding hydrogens is 358 g/mol. The van der Waals surface area contributed by atoms with Crippen LogP contribution in [0.2, 0.25) is 0 Å². The number of hydrogen-bond acceptors (Lipinski definition) is 7. The summed E-state index contributed by atoms with van der Waals surface area (Å²) in [5, 5.41) is 2.23. The van der Waals surface area contributed by atoms with E-state index in [0.717, 1.165) is 0 Å². The Kier molecular flexibility index (Phi) is 6.82. The number of allylic oxidation sites excluding steroid dienone is 1. The van der Waals surface area contributed by atoms with Crippen LogP contribution in [-0.2, 0) is 24.4 Å². The van der Waals surface area contributed by atoms with Gasteiger partial charge in [0.25, 0.3) is 10.0 Å². The Morgan fingerprint density at radius 1 is 1.42 bits per heavy atom. The molecule has 1 atom stereocenters. The fourth-order valence-electron chi connectivity index (χ4n) is 2.77. The first-order valence-corrected chi connectivity index (χ1v) is 10.1. The molecule has 0 bridgehead atoms. The van der Waals surface area contributed by atoms with Crippen LogP contribution in [0.5, 0.6) is 0 Å². The van der Waals surface area contributed by atoms with Crippen LogP contribution in [-0.4, -0.2) is 54.4 Å². The molecule has 143 valence electrons. The lowest BCUT2D eigenvalue weighted by atomic mass is 10.1. The molecule has 0 aromatic rings. The highest BCUT2D eigenvalue weighted by molar-refractivity contribution is 8.06. The van der Waals surface area contributed by atoms with Crippen molar-refractivity contribution < 1.29 is 22.8 Å². The number of rotatable bonds is 4. The van der Waals surface area contributed by atoms with Gasteiger partial charge in [-0.2, -0.15) is 8.42 Å². The lowest BCUT2D eigenvalue weighted by molar-refractivity contribution is -0.131. The van der Waals surface area contributed by atoms with Crippen LogP contribution in [0.4, 0.5) is 0 Å². The van der Waals surface area contributed by atoms with E-state index in [4.69, 9.17) is 0 Å². The maximum atomic E-state index is 13.1. The second-order valence-corrected chi connectivity index (χ2v) is 8.45. The summed E-state index contributed by atoms with van der Waals surface area (Å²) in [5.74, 6) is -1.72. The zero-order valence-electron chi connectivity index (χ0n) is 15.0. The molecule has 1 amide bonds. The van der Waals surface area contributed by atoms with Crippen molar-refractivity contribution in [3.05, 3.63) is 18.7 Å². The van der Waals surface area contributed by atoms with Gasteiger partial charge in [0.2, 0.25) is 11.0 Å². The van der Waals surface area contributed by atoms with Gasteiger partial charge in [-0.25, -0.2) is 9.30 Å². The van der Waals surface area contributed by atoms with Gasteiger partial charge in [-0.15, -0.1) is 0 Å². The number of ketones is 2. The van der Waals surface area contributed by atoms with Crippen molar-refractivity contribution in [1.29, 1.82) is 0 Å². The minimum Gasteiger partial charge on any atom is -0.310 e. The van der Waals surface area contributed by atoms with E-state index in [2.05, 4.69) is 10.3 Å². The summed E-state index contributed by atoms with van der Waals surface area (Å²) < 4.78 is 26.7. The third-order valence-electron chi connectivity index (χ3n) is 4.11. The van der Waals surface area contributed by atoms with Gasteiger partial charge in [0.1, 0.15) is 6.04 Å². The molecule has 1 N–H and O–H groups in total. The molecule has 0 aromatic heterocycles. The topological polar surface area (TPSA) is 113 Å². The van der Waals surface area contributed by atoms with Crippen LogP contribution in [0.15, 0.2) is 17.3 Å². The Hall–Kier alpha value is -1.87. The van der Waals surface area contributed by atoms with Crippen LogP contribution in [0, 0.1) is 12.3 Å². The van der Waals surface area contributed by atoms with Crippen molar-refractivity contribution in [2.45, 2.75) is 45.6 Å². The first kappa shape index (κ1) is 20.4. The number of hydrogen-bond donors (Lipinski definition) is 1. The second kappa shape index (κ2) is 8.68. The number of amides is 1. The fourth-order valence-corrected chi connectivity index (χ4v) is 4.39. The molecule has 0 aromatic carbocycles. The van der Waals surface area contributed by atoms with Gasteiger partial charge in [-0.1, -0.05) is 19.9 Å². The third-order valence-corrected chi connectivity index (χ3v) is 5.88. The van der Waals surface area contributed by atoms with Gasteiger partial charge in [-0.05, 0) is 31.7 Å². The second-order valence-electron chi connectivity index (χ2n) is 6.72. The summed E-state index contributed by atoms with van der Waals surface area (Å²) in [6.45, 7) is 4.32. The van der Waals surface area contributed by atoms with E-state index in [1.54, 1.807) is 0 Å². The zero-order chi connectivity index (χ0) is 19.3. The maximum absolute atomic E-state index is 13.1. The Morgan fingerprint density at radius 2 is 2.15 bits per heavy atom. The van der Waals surface area contributed by atoms with Gasteiger partial charge in [-0.3, -0.25) is 14.4 Å². The summed E-state index contributed by atoms with van der Waals surface area (Å²) >= 11 is 0. The molecule has 2 aliphatic rings. The minimum atomic E-state index is -4.52. The van der Waals surface area contributed by atoms with E-state index in [-0.39, 0.29) is 25.3 Å². The van der Waals surface area contributed by atoms with Crippen LogP contribution < -0.4 is 5.32 Å². The minimum absolute atomic E-state index is 0.0194. The van der Waals surface area contributed by atoms with Crippen molar-refractivity contribution in [3.8, 4) is 0 Å². The van der Waals surface area contributed by atoms with Crippen LogP contribution in [0.3, 0.4) is 0 Å². The predicted molar refractivity (Wildman–Crippen MR) is 96.6 cm³/mol. The molecule has 0 unspecified atom stereocenters. The molecule has 2 aliphatic heterocycles. The number of carbonyl (C=O) groups excluding carboxylic acids is 3. The average Bonchev–Trinajstić information content (AvgIpc) is 2.78. The van der Waals surface area contributed by atoms with E-state index in [1.807, 2.05) is 13.8 Å². The highest BCUT2D eigenvalue weighted by Crippen LogP contribution is 2.21. The monoisotopic (exact) mass is 382 g/mol. The molecule has 8 nitrogen and oxygen atoms in total. The Morgan fingerprint density at radius 3 is 2.81 bits per heavy atom. The number of aliphatic imine (C=N–C) groups is 1. The van der Waals surface area contributed by atoms with Crippen molar-refractivity contribution >= 4 is 32.5 Å². The molecule has 9 heteroatoms. The molecule has 1 radical (unpaired) electrons. The number of sulfonamides is 1. The number of Topliss-reactive ketones (excluding diaryl/α,β-unsaturated/α-hetero) is 2. The molecule has 0 saturated carbocycles. The van der Waals surface area contributed by atoms with Crippen molar-refractivity contribution in [3.63, 3.8) is 0 Å². The molecule has 26 heavy (non-hydrogen) atoms. The van der Waals surface area contributed by atoms with E-state index in [9.17, 15) is 22.8 Å². The highest BCUT2D eigenvalue weighted by Gasteiger charge is 2.43. The molecule has 1 saturated heterocycles. The zero-order valence-corrected chi connectivity index (χ0v) is 15.8. The number of nitrogens with zero attached hydrogens (tertiary/aromatic N) is 2. The van der Waals surface area contributed by atoms with Crippen LogP contribution in [0.25, 0.3) is 0 Å². The lowest BCUT2D eigenvalue weighted by Gasteiger charge is -2.29. The predicted octanol–water partition coefficient (Wildman–Crippen LogP) is 0.601. The first-order chi connectivity index (χ1) is 12.2. The highest BCUT2D eigenvalue weighted by atomic mass is 32.2. The van der Waals surface area contributed by atoms with Gasteiger partial charge in [0.15, 0.2) is 11.6 Å². The van der Waals surface area contributed by atoms with Crippen molar-refractivity contribution in [2.24, 2.45) is 10.9 Å². The number of nitrogens with one attached hydrogen (secondary N) is 1. The first-order valence-electron chi connectivity index (χ1n) is 8.66. The summed E-state index contributed by atoms with van der Waals surface area (Å²) in [6, 6.07) is -1.13. The molecular formula is C17H24N3O5S. The smallest absolute Gasteiger partial charge is 0.288 e. The van der Waals surface area contributed by atoms with Gasteiger partial charge in [0, 0.05) is 12.6 Å². The molecule has 1 fully saturated rings. The fraction of sp³-hybridized carbons (Fsp3) is 0.588. The van der Waals surface area contributed by atoms with Crippen molar-refractivity contribution in [2.75, 3.05) is 13.1 Å².